The monoisotopic (exact) mass is 565 g/mol. The van der Waals surface area contributed by atoms with Crippen LogP contribution in [0.5, 0.6) is 0 Å². The van der Waals surface area contributed by atoms with E-state index in [1.54, 1.807) is 24.3 Å². The molecule has 1 aliphatic carbocycles. The van der Waals surface area contributed by atoms with E-state index in [1.165, 1.54) is 22.7 Å². The van der Waals surface area contributed by atoms with Crippen molar-refractivity contribution in [2.24, 2.45) is 0 Å². The molecule has 8 nitrogen and oxygen atoms in total. The predicted octanol–water partition coefficient (Wildman–Crippen LogP) is 5.33. The van der Waals surface area contributed by atoms with Gasteiger partial charge in [-0.3, -0.25) is 4.79 Å². The van der Waals surface area contributed by atoms with Crippen molar-refractivity contribution in [1.82, 2.24) is 15.0 Å². The number of aryl methyl sites for hydroxylation is 1. The topological polar surface area (TPSA) is 106 Å². The Hall–Kier alpha value is -3.18. The van der Waals surface area contributed by atoms with Crippen molar-refractivity contribution < 1.29 is 24.0 Å². The van der Waals surface area contributed by atoms with Crippen LogP contribution in [0.3, 0.4) is 0 Å². The maximum Gasteiger partial charge on any atom is 0.349 e. The number of ether oxygens (including phenoxy) is 1. The Labute approximate surface area is 235 Å². The van der Waals surface area contributed by atoms with E-state index in [-0.39, 0.29) is 6.10 Å². The fourth-order valence-electron chi connectivity index (χ4n) is 4.98. The molecule has 3 heterocycles. The van der Waals surface area contributed by atoms with Gasteiger partial charge in [-0.15, -0.1) is 22.7 Å². The van der Waals surface area contributed by atoms with Crippen molar-refractivity contribution in [2.75, 3.05) is 13.6 Å². The first-order chi connectivity index (χ1) is 19.0. The lowest BCUT2D eigenvalue weighted by Gasteiger charge is -2.35. The molecule has 39 heavy (non-hydrogen) atoms. The molecule has 0 aliphatic heterocycles. The highest BCUT2D eigenvalue weighted by Crippen LogP contribution is 2.38. The molecular weight excluding hydrogens is 534 g/mol. The summed E-state index contributed by atoms with van der Waals surface area (Å²) in [5.74, 6) is 0.522. The molecule has 0 radical (unpaired) electrons. The largest absolute Gasteiger partial charge is 0.460 e. The van der Waals surface area contributed by atoms with Crippen LogP contribution in [-0.4, -0.2) is 58.1 Å². The van der Waals surface area contributed by atoms with Gasteiger partial charge in [0, 0.05) is 23.6 Å². The minimum atomic E-state index is -1.76. The first kappa shape index (κ1) is 27.4. The van der Waals surface area contributed by atoms with Gasteiger partial charge in [0.25, 0.3) is 0 Å². The van der Waals surface area contributed by atoms with E-state index in [1.807, 2.05) is 35.0 Å². The second-order valence-electron chi connectivity index (χ2n) is 9.84. The van der Waals surface area contributed by atoms with Crippen LogP contribution in [0.25, 0.3) is 11.4 Å². The van der Waals surface area contributed by atoms with Gasteiger partial charge in [-0.05, 0) is 68.6 Å². The molecule has 1 N–H and O–H groups in total. The Kier molecular flexibility index (Phi) is 8.66. The van der Waals surface area contributed by atoms with E-state index in [2.05, 4.69) is 22.1 Å². The molecule has 0 amide bonds. The third-order valence-electron chi connectivity index (χ3n) is 7.27. The second kappa shape index (κ2) is 12.3. The van der Waals surface area contributed by atoms with Gasteiger partial charge in [0.05, 0.1) is 9.75 Å². The zero-order valence-corrected chi connectivity index (χ0v) is 23.3. The lowest BCUT2D eigenvalue weighted by molar-refractivity contribution is -0.169. The minimum absolute atomic E-state index is 0.203. The summed E-state index contributed by atoms with van der Waals surface area (Å²) in [5.41, 5.74) is -0.339. The van der Waals surface area contributed by atoms with Crippen molar-refractivity contribution in [3.63, 3.8) is 0 Å². The number of aliphatic hydroxyl groups is 1. The highest BCUT2D eigenvalue weighted by molar-refractivity contribution is 7.12. The Balaban J connectivity index is 1.08. The fourth-order valence-corrected chi connectivity index (χ4v) is 6.69. The van der Waals surface area contributed by atoms with E-state index in [0.717, 1.165) is 50.5 Å². The van der Waals surface area contributed by atoms with Crippen LogP contribution in [0.1, 0.15) is 58.1 Å². The smallest absolute Gasteiger partial charge is 0.349 e. The van der Waals surface area contributed by atoms with Crippen molar-refractivity contribution in [2.45, 2.75) is 56.3 Å². The summed E-state index contributed by atoms with van der Waals surface area (Å²) < 4.78 is 11.3. The predicted molar refractivity (Wildman–Crippen MR) is 150 cm³/mol. The molecule has 0 unspecified atom stereocenters. The van der Waals surface area contributed by atoms with E-state index < -0.39 is 11.6 Å². The number of aldehydes is 1. The van der Waals surface area contributed by atoms with E-state index in [0.29, 0.717) is 39.5 Å². The summed E-state index contributed by atoms with van der Waals surface area (Å²) in [6.45, 7) is 0.886. The summed E-state index contributed by atoms with van der Waals surface area (Å²) in [5, 5.41) is 19.2. The highest BCUT2D eigenvalue weighted by atomic mass is 32.1. The Bertz CT molecular complexity index is 1310. The number of nitrogens with zero attached hydrogens (tertiary/aromatic N) is 3. The van der Waals surface area contributed by atoms with Crippen LogP contribution in [0, 0.1) is 0 Å². The number of thiophene rings is 2. The third-order valence-corrected chi connectivity index (χ3v) is 9.22. The molecule has 10 heteroatoms. The van der Waals surface area contributed by atoms with Crippen molar-refractivity contribution in [3.05, 3.63) is 80.5 Å². The van der Waals surface area contributed by atoms with Gasteiger partial charge < -0.3 is 19.3 Å². The standard InChI is InChI=1S/C29H31N3O5S2/c1-32(16-2-7-26-30-27(31-37-26)21-10-8-20(19-33)9-11-21)22-12-14-23(15-13-22)36-28(34)29(35,24-5-3-17-38-24)25-6-4-18-39-25/h3-6,8-11,17-19,22-23,35H,2,7,12-16H2,1H3/t22-,23-. The molecule has 0 atom stereocenters. The normalized spacial score (nSPS) is 17.8. The molecule has 5 rings (SSSR count). The third kappa shape index (κ3) is 6.19. The summed E-state index contributed by atoms with van der Waals surface area (Å²) in [6, 6.07) is 14.7. The molecule has 204 valence electrons. The zero-order chi connectivity index (χ0) is 27.2. The Morgan fingerprint density at radius 1 is 1.10 bits per heavy atom. The summed E-state index contributed by atoms with van der Waals surface area (Å²) >= 11 is 2.71. The maximum absolute atomic E-state index is 13.2. The van der Waals surface area contributed by atoms with Gasteiger partial charge in [0.2, 0.25) is 17.3 Å². The highest BCUT2D eigenvalue weighted by Gasteiger charge is 2.45. The molecule has 1 fully saturated rings. The van der Waals surface area contributed by atoms with Gasteiger partial charge in [0.1, 0.15) is 12.4 Å². The number of rotatable bonds is 11. The van der Waals surface area contributed by atoms with Crippen LogP contribution >= 0.6 is 22.7 Å². The molecule has 0 spiro atoms. The first-order valence-corrected chi connectivity index (χ1v) is 14.8. The van der Waals surface area contributed by atoms with Gasteiger partial charge in [-0.1, -0.05) is 41.6 Å². The van der Waals surface area contributed by atoms with Crippen LogP contribution < -0.4 is 0 Å². The molecule has 1 saturated carbocycles. The first-order valence-electron chi connectivity index (χ1n) is 13.1. The minimum Gasteiger partial charge on any atom is -0.460 e. The molecular formula is C29H31N3O5S2. The van der Waals surface area contributed by atoms with Crippen LogP contribution in [0.2, 0.25) is 0 Å². The number of carbonyl (C=O) groups excluding carboxylic acids is 2. The van der Waals surface area contributed by atoms with E-state index in [4.69, 9.17) is 9.26 Å². The number of benzene rings is 1. The van der Waals surface area contributed by atoms with Crippen LogP contribution in [0.15, 0.2) is 63.8 Å². The summed E-state index contributed by atoms with van der Waals surface area (Å²) in [7, 11) is 2.12. The van der Waals surface area contributed by atoms with E-state index in [9.17, 15) is 14.7 Å². The van der Waals surface area contributed by atoms with Crippen LogP contribution in [-0.2, 0) is 21.6 Å². The van der Waals surface area contributed by atoms with E-state index >= 15 is 0 Å². The van der Waals surface area contributed by atoms with Gasteiger partial charge in [-0.25, -0.2) is 4.79 Å². The number of hydrogen-bond acceptors (Lipinski definition) is 10. The fraction of sp³-hybridized carbons (Fsp3) is 0.379. The molecule has 0 bridgehead atoms. The molecule has 4 aromatic rings. The molecule has 3 aromatic heterocycles. The molecule has 1 aliphatic rings. The van der Waals surface area contributed by atoms with Gasteiger partial charge >= 0.3 is 5.97 Å². The molecule has 0 saturated heterocycles. The summed E-state index contributed by atoms with van der Waals surface area (Å²) in [4.78, 5) is 32.1. The Morgan fingerprint density at radius 2 is 1.77 bits per heavy atom. The second-order valence-corrected chi connectivity index (χ2v) is 11.7. The Morgan fingerprint density at radius 3 is 2.36 bits per heavy atom. The van der Waals surface area contributed by atoms with Crippen LogP contribution in [0.4, 0.5) is 0 Å². The number of carbonyl (C=O) groups is 2. The van der Waals surface area contributed by atoms with Gasteiger partial charge in [0.15, 0.2) is 0 Å². The van der Waals surface area contributed by atoms with Crippen molar-refractivity contribution in [1.29, 1.82) is 0 Å². The quantitative estimate of drug-likeness (QED) is 0.192. The maximum atomic E-state index is 13.2. The lowest BCUT2D eigenvalue weighted by Crippen LogP contribution is -2.42. The summed E-state index contributed by atoms with van der Waals surface area (Å²) in [6.07, 6.45) is 5.54. The number of esters is 1. The lowest BCUT2D eigenvalue weighted by atomic mass is 9.91. The zero-order valence-electron chi connectivity index (χ0n) is 21.7. The molecule has 1 aromatic carbocycles. The number of aromatic nitrogens is 2. The average Bonchev–Trinajstić information content (AvgIpc) is 3.76. The van der Waals surface area contributed by atoms with Crippen molar-refractivity contribution in [3.8, 4) is 11.4 Å². The average molecular weight is 566 g/mol. The SMILES string of the molecule is CN(CCCc1nc(-c2ccc(C=O)cc2)no1)[C@H]1CC[C@H](OC(=O)C(O)(c2cccs2)c2cccs2)CC1. The van der Waals surface area contributed by atoms with Crippen molar-refractivity contribution >= 4 is 34.9 Å². The van der Waals surface area contributed by atoms with Gasteiger partial charge in [-0.2, -0.15) is 4.98 Å². The number of hydrogen-bond donors (Lipinski definition) is 1.